The first-order valence-corrected chi connectivity index (χ1v) is 8.70. The molecule has 0 aliphatic carbocycles. The Kier molecular flexibility index (Phi) is 3.65. The zero-order valence-electron chi connectivity index (χ0n) is 12.0. The summed E-state index contributed by atoms with van der Waals surface area (Å²) in [5.74, 6) is 0. The van der Waals surface area contributed by atoms with Crippen LogP contribution in [0.25, 0.3) is 31.2 Å². The van der Waals surface area contributed by atoms with Crippen LogP contribution in [-0.4, -0.2) is 16.4 Å². The van der Waals surface area contributed by atoms with E-state index in [0.29, 0.717) is 0 Å². The van der Waals surface area contributed by atoms with E-state index in [2.05, 4.69) is 35.5 Å². The van der Waals surface area contributed by atoms with E-state index >= 15 is 0 Å². The molecule has 3 nitrogen and oxygen atoms in total. The van der Waals surface area contributed by atoms with Crippen LogP contribution in [0.2, 0.25) is 0 Å². The molecule has 0 aliphatic heterocycles. The third kappa shape index (κ3) is 2.76. The fourth-order valence-electron chi connectivity index (χ4n) is 2.42. The molecule has 3 heterocycles. The lowest BCUT2D eigenvalue weighted by Gasteiger charge is -2.00. The van der Waals surface area contributed by atoms with Gasteiger partial charge < -0.3 is 5.21 Å². The average molecular weight is 336 g/mol. The quantitative estimate of drug-likeness (QED) is 0.305. The predicted molar refractivity (Wildman–Crippen MR) is 97.7 cm³/mol. The molecule has 0 unspecified atom stereocenters. The van der Waals surface area contributed by atoms with Crippen LogP contribution >= 0.6 is 22.7 Å². The summed E-state index contributed by atoms with van der Waals surface area (Å²) in [6.45, 7) is 0. The Bertz CT molecular complexity index is 1000. The SMILES string of the molecule is ON=Cc1ccc(-c2ccc(-c3ccc4ccccc4n3)s2)s1. The highest BCUT2D eigenvalue weighted by Crippen LogP contribution is 2.37. The predicted octanol–water partition coefficient (Wildman–Crippen LogP) is 5.50. The van der Waals surface area contributed by atoms with Gasteiger partial charge in [0.15, 0.2) is 0 Å². The molecule has 0 spiro atoms. The van der Waals surface area contributed by atoms with Crippen molar-refractivity contribution in [2.24, 2.45) is 5.16 Å². The number of benzene rings is 1. The Balaban J connectivity index is 1.70. The molecule has 0 amide bonds. The fourth-order valence-corrected chi connectivity index (χ4v) is 4.36. The summed E-state index contributed by atoms with van der Waals surface area (Å²) in [5.41, 5.74) is 2.01. The highest BCUT2D eigenvalue weighted by atomic mass is 32.1. The number of nitrogens with zero attached hydrogens (tertiary/aromatic N) is 2. The average Bonchev–Trinajstić information content (AvgIpc) is 3.24. The number of thiophene rings is 2. The molecule has 0 saturated carbocycles. The van der Waals surface area contributed by atoms with Gasteiger partial charge in [0.2, 0.25) is 0 Å². The molecule has 4 rings (SSSR count). The lowest BCUT2D eigenvalue weighted by Crippen LogP contribution is -1.81. The molecular weight excluding hydrogens is 324 g/mol. The summed E-state index contributed by atoms with van der Waals surface area (Å²) in [7, 11) is 0. The number of aromatic nitrogens is 1. The topological polar surface area (TPSA) is 45.5 Å². The summed E-state index contributed by atoms with van der Waals surface area (Å²) < 4.78 is 0. The van der Waals surface area contributed by atoms with Crippen LogP contribution in [-0.2, 0) is 0 Å². The Morgan fingerprint density at radius 1 is 0.826 bits per heavy atom. The highest BCUT2D eigenvalue weighted by Gasteiger charge is 2.08. The second kappa shape index (κ2) is 5.95. The molecule has 5 heteroatoms. The lowest BCUT2D eigenvalue weighted by molar-refractivity contribution is 0.322. The maximum absolute atomic E-state index is 8.61. The van der Waals surface area contributed by atoms with E-state index in [1.165, 1.54) is 11.1 Å². The van der Waals surface area contributed by atoms with Crippen LogP contribution < -0.4 is 0 Å². The highest BCUT2D eigenvalue weighted by molar-refractivity contribution is 7.24. The van der Waals surface area contributed by atoms with Crippen molar-refractivity contribution in [1.82, 2.24) is 4.98 Å². The molecular formula is C18H12N2OS2. The van der Waals surface area contributed by atoms with Crippen LogP contribution in [0.1, 0.15) is 4.88 Å². The van der Waals surface area contributed by atoms with Gasteiger partial charge >= 0.3 is 0 Å². The van der Waals surface area contributed by atoms with Crippen LogP contribution in [0.5, 0.6) is 0 Å². The van der Waals surface area contributed by atoms with E-state index in [-0.39, 0.29) is 0 Å². The summed E-state index contributed by atoms with van der Waals surface area (Å²) in [6.07, 6.45) is 1.45. The Hall–Kier alpha value is -2.50. The van der Waals surface area contributed by atoms with Crippen molar-refractivity contribution in [1.29, 1.82) is 0 Å². The molecule has 0 saturated heterocycles. The molecule has 4 aromatic rings. The van der Waals surface area contributed by atoms with Gasteiger partial charge in [0.1, 0.15) is 0 Å². The first-order chi connectivity index (χ1) is 11.3. The van der Waals surface area contributed by atoms with Gasteiger partial charge in [-0.3, -0.25) is 0 Å². The van der Waals surface area contributed by atoms with E-state index in [0.717, 1.165) is 31.2 Å². The first-order valence-electron chi connectivity index (χ1n) is 7.07. The van der Waals surface area contributed by atoms with Gasteiger partial charge in [0.25, 0.3) is 0 Å². The Morgan fingerprint density at radius 3 is 2.52 bits per heavy atom. The van der Waals surface area contributed by atoms with Gasteiger partial charge in [-0.05, 0) is 36.4 Å². The number of fused-ring (bicyclic) bond motifs is 1. The minimum absolute atomic E-state index is 0.932. The minimum Gasteiger partial charge on any atom is -0.411 e. The summed E-state index contributed by atoms with van der Waals surface area (Å²) in [4.78, 5) is 9.18. The monoisotopic (exact) mass is 336 g/mol. The van der Waals surface area contributed by atoms with Gasteiger partial charge in [-0.25, -0.2) is 4.98 Å². The lowest BCUT2D eigenvalue weighted by atomic mass is 10.2. The van der Waals surface area contributed by atoms with E-state index < -0.39 is 0 Å². The number of rotatable bonds is 3. The van der Waals surface area contributed by atoms with Crippen molar-refractivity contribution in [3.63, 3.8) is 0 Å². The van der Waals surface area contributed by atoms with Crippen molar-refractivity contribution in [2.45, 2.75) is 0 Å². The Labute approximate surface area is 141 Å². The Morgan fingerprint density at radius 2 is 1.61 bits per heavy atom. The maximum atomic E-state index is 8.61. The molecule has 0 radical (unpaired) electrons. The third-order valence-electron chi connectivity index (χ3n) is 3.51. The van der Waals surface area contributed by atoms with E-state index in [1.54, 1.807) is 22.7 Å². The first kappa shape index (κ1) is 14.1. The van der Waals surface area contributed by atoms with Crippen molar-refractivity contribution in [2.75, 3.05) is 0 Å². The molecule has 0 aliphatic rings. The number of oxime groups is 1. The normalized spacial score (nSPS) is 11.5. The van der Waals surface area contributed by atoms with Crippen molar-refractivity contribution in [3.8, 4) is 20.3 Å². The zero-order chi connectivity index (χ0) is 15.6. The summed E-state index contributed by atoms with van der Waals surface area (Å²) in [6, 6.07) is 20.5. The molecule has 0 bridgehead atoms. The molecule has 1 aromatic carbocycles. The number of hydrogen-bond donors (Lipinski definition) is 1. The standard InChI is InChI=1S/C18H12N2OS2/c21-19-11-13-6-8-17(22-13)18-10-9-16(23-18)15-7-5-12-3-1-2-4-14(12)20-15/h1-11,21H. The third-order valence-corrected chi connectivity index (χ3v) is 5.83. The smallest absolute Gasteiger partial charge is 0.0833 e. The van der Waals surface area contributed by atoms with Crippen LogP contribution in [0.4, 0.5) is 0 Å². The van der Waals surface area contributed by atoms with Crippen molar-refractivity contribution in [3.05, 3.63) is 65.5 Å². The number of para-hydroxylation sites is 1. The van der Waals surface area contributed by atoms with Gasteiger partial charge in [-0.15, -0.1) is 22.7 Å². The molecule has 1 N–H and O–H groups in total. The van der Waals surface area contributed by atoms with E-state index in [4.69, 9.17) is 10.2 Å². The fraction of sp³-hybridized carbons (Fsp3) is 0. The minimum atomic E-state index is 0.932. The van der Waals surface area contributed by atoms with E-state index in [9.17, 15) is 0 Å². The van der Waals surface area contributed by atoms with Crippen LogP contribution in [0, 0.1) is 0 Å². The number of hydrogen-bond acceptors (Lipinski definition) is 5. The van der Waals surface area contributed by atoms with Crippen molar-refractivity contribution < 1.29 is 5.21 Å². The van der Waals surface area contributed by atoms with Crippen LogP contribution in [0.3, 0.4) is 0 Å². The number of pyridine rings is 1. The second-order valence-electron chi connectivity index (χ2n) is 5.00. The van der Waals surface area contributed by atoms with Gasteiger partial charge in [-0.2, -0.15) is 0 Å². The maximum Gasteiger partial charge on any atom is 0.0833 e. The summed E-state index contributed by atoms with van der Waals surface area (Å²) in [5, 5.41) is 12.8. The molecule has 0 fully saturated rings. The largest absolute Gasteiger partial charge is 0.411 e. The van der Waals surface area contributed by atoms with Crippen molar-refractivity contribution >= 4 is 39.8 Å². The van der Waals surface area contributed by atoms with Gasteiger partial charge in [-0.1, -0.05) is 29.4 Å². The van der Waals surface area contributed by atoms with Gasteiger partial charge in [0, 0.05) is 20.0 Å². The molecule has 23 heavy (non-hydrogen) atoms. The van der Waals surface area contributed by atoms with Crippen LogP contribution in [0.15, 0.2) is 65.8 Å². The zero-order valence-corrected chi connectivity index (χ0v) is 13.6. The summed E-state index contributed by atoms with van der Waals surface area (Å²) >= 11 is 3.32. The molecule has 3 aromatic heterocycles. The molecule has 0 atom stereocenters. The van der Waals surface area contributed by atoms with E-state index in [1.807, 2.05) is 30.3 Å². The second-order valence-corrected chi connectivity index (χ2v) is 7.20. The molecule has 112 valence electrons. The van der Waals surface area contributed by atoms with Gasteiger partial charge in [0.05, 0.1) is 22.3 Å².